The maximum absolute atomic E-state index is 5.31. The van der Waals surface area contributed by atoms with E-state index in [2.05, 4.69) is 133 Å². The van der Waals surface area contributed by atoms with E-state index in [1.165, 1.54) is 38.5 Å². The van der Waals surface area contributed by atoms with Gasteiger partial charge in [-0.3, -0.25) is 4.90 Å². The Balaban J connectivity index is 1.41. The van der Waals surface area contributed by atoms with Gasteiger partial charge in [0, 0.05) is 22.1 Å². The smallest absolute Gasteiger partial charge is 0.235 e. The van der Waals surface area contributed by atoms with Gasteiger partial charge in [0.15, 0.2) is 0 Å². The highest BCUT2D eigenvalue weighted by molar-refractivity contribution is 5.99. The number of rotatable bonds is 2. The molecular formula is C35H25N3. The molecule has 2 aliphatic rings. The summed E-state index contributed by atoms with van der Waals surface area (Å²) in [7, 11) is 0. The second-order valence-electron chi connectivity index (χ2n) is 10.5. The molecule has 6 aromatic rings. The van der Waals surface area contributed by atoms with E-state index in [1.54, 1.807) is 0 Å². The Morgan fingerprint density at radius 2 is 1.45 bits per heavy atom. The highest BCUT2D eigenvalue weighted by Crippen LogP contribution is 2.56. The molecule has 1 aliphatic carbocycles. The van der Waals surface area contributed by atoms with Gasteiger partial charge in [0.25, 0.3) is 0 Å². The van der Waals surface area contributed by atoms with Gasteiger partial charge in [0.2, 0.25) is 5.95 Å². The summed E-state index contributed by atoms with van der Waals surface area (Å²) in [5.74, 6) is 0.716. The molecule has 0 fully saturated rings. The Morgan fingerprint density at radius 1 is 0.711 bits per heavy atom. The molecule has 2 heterocycles. The van der Waals surface area contributed by atoms with Gasteiger partial charge < -0.3 is 0 Å². The Kier molecular flexibility index (Phi) is 4.42. The largest absolute Gasteiger partial charge is 0.282 e. The SMILES string of the molecule is CC12CC=CC=C1N(c1nc(-c3ccc4ccccc4c3)c3ccccc3n1)c1ccc3ccccc3c12. The van der Waals surface area contributed by atoms with E-state index in [4.69, 9.17) is 9.97 Å². The highest BCUT2D eigenvalue weighted by Gasteiger charge is 2.46. The van der Waals surface area contributed by atoms with Crippen molar-refractivity contribution in [2.45, 2.75) is 18.8 Å². The Bertz CT molecular complexity index is 1980. The van der Waals surface area contributed by atoms with Gasteiger partial charge >= 0.3 is 0 Å². The normalized spacial score (nSPS) is 18.1. The van der Waals surface area contributed by atoms with Gasteiger partial charge in [0.1, 0.15) is 0 Å². The Labute approximate surface area is 221 Å². The van der Waals surface area contributed by atoms with Crippen LogP contribution in [0.3, 0.4) is 0 Å². The van der Waals surface area contributed by atoms with Crippen LogP contribution in [0.25, 0.3) is 43.7 Å². The molecule has 3 nitrogen and oxygen atoms in total. The number of hydrogen-bond acceptors (Lipinski definition) is 3. The summed E-state index contributed by atoms with van der Waals surface area (Å²) in [6.45, 7) is 2.36. The van der Waals surface area contributed by atoms with Crippen molar-refractivity contribution in [3.05, 3.63) is 133 Å². The van der Waals surface area contributed by atoms with Crippen LogP contribution < -0.4 is 4.90 Å². The van der Waals surface area contributed by atoms with Crippen molar-refractivity contribution in [3.8, 4) is 11.3 Å². The summed E-state index contributed by atoms with van der Waals surface area (Å²) in [4.78, 5) is 12.8. The van der Waals surface area contributed by atoms with E-state index >= 15 is 0 Å². The van der Waals surface area contributed by atoms with E-state index in [0.717, 1.165) is 28.6 Å². The summed E-state index contributed by atoms with van der Waals surface area (Å²) in [6, 6.07) is 36.6. The summed E-state index contributed by atoms with van der Waals surface area (Å²) < 4.78 is 0. The maximum Gasteiger partial charge on any atom is 0.235 e. The quantitative estimate of drug-likeness (QED) is 0.244. The number of aromatic nitrogens is 2. The molecule has 0 saturated heterocycles. The standard InChI is InChI=1S/C35H25N3/c1-35-21-9-8-16-31(35)38(30-20-19-24-11-4-5-13-27(24)32(30)35)34-36-29-15-7-6-14-28(29)33(37-34)26-18-17-23-10-2-3-12-25(23)22-26/h2-20,22H,21H2,1H3. The lowest BCUT2D eigenvalue weighted by atomic mass is 9.75. The molecule has 0 radical (unpaired) electrons. The number of hydrogen-bond donors (Lipinski definition) is 0. The van der Waals surface area contributed by atoms with Crippen LogP contribution >= 0.6 is 0 Å². The molecule has 8 rings (SSSR count). The third kappa shape index (κ3) is 2.96. The van der Waals surface area contributed by atoms with E-state index in [-0.39, 0.29) is 5.41 Å². The lowest BCUT2D eigenvalue weighted by Gasteiger charge is -2.30. The molecule has 1 atom stereocenters. The number of nitrogens with zero attached hydrogens (tertiary/aromatic N) is 3. The summed E-state index contributed by atoms with van der Waals surface area (Å²) >= 11 is 0. The molecule has 180 valence electrons. The van der Waals surface area contributed by atoms with Crippen LogP contribution in [0.5, 0.6) is 0 Å². The van der Waals surface area contributed by atoms with Crippen LogP contribution in [0.15, 0.2) is 127 Å². The molecule has 0 saturated carbocycles. The molecule has 0 spiro atoms. The molecule has 5 aromatic carbocycles. The first-order valence-corrected chi connectivity index (χ1v) is 13.2. The minimum atomic E-state index is -0.150. The van der Waals surface area contributed by atoms with Crippen LogP contribution in [-0.4, -0.2) is 9.97 Å². The zero-order valence-electron chi connectivity index (χ0n) is 21.1. The number of allylic oxidation sites excluding steroid dienone is 4. The number of para-hydroxylation sites is 1. The van der Waals surface area contributed by atoms with Crippen LogP contribution in [0.1, 0.15) is 18.9 Å². The summed E-state index contributed by atoms with van der Waals surface area (Å²) in [5.41, 5.74) is 6.61. The fraction of sp³-hybridized carbons (Fsp3) is 0.0857. The van der Waals surface area contributed by atoms with Crippen LogP contribution in [-0.2, 0) is 5.41 Å². The minimum absolute atomic E-state index is 0.150. The second-order valence-corrected chi connectivity index (χ2v) is 10.5. The van der Waals surface area contributed by atoms with Crippen molar-refractivity contribution in [2.24, 2.45) is 0 Å². The molecule has 38 heavy (non-hydrogen) atoms. The van der Waals surface area contributed by atoms with Gasteiger partial charge in [-0.2, -0.15) is 0 Å². The molecule has 1 unspecified atom stereocenters. The number of fused-ring (bicyclic) bond motifs is 7. The first-order chi connectivity index (χ1) is 18.7. The average Bonchev–Trinajstić information content (AvgIpc) is 3.25. The van der Waals surface area contributed by atoms with Crippen molar-refractivity contribution in [3.63, 3.8) is 0 Å². The minimum Gasteiger partial charge on any atom is -0.282 e. The fourth-order valence-electron chi connectivity index (χ4n) is 6.40. The topological polar surface area (TPSA) is 29.0 Å². The van der Waals surface area contributed by atoms with Crippen LogP contribution in [0, 0.1) is 0 Å². The van der Waals surface area contributed by atoms with Gasteiger partial charge in [0.05, 0.1) is 16.9 Å². The van der Waals surface area contributed by atoms with Crippen LogP contribution in [0.2, 0.25) is 0 Å². The molecular weight excluding hydrogens is 462 g/mol. The first-order valence-electron chi connectivity index (χ1n) is 13.2. The first kappa shape index (κ1) is 21.3. The lowest BCUT2D eigenvalue weighted by molar-refractivity contribution is 0.580. The maximum atomic E-state index is 5.31. The molecule has 3 heteroatoms. The van der Waals surface area contributed by atoms with E-state index in [9.17, 15) is 0 Å². The molecule has 0 amide bonds. The van der Waals surface area contributed by atoms with Gasteiger partial charge in [-0.05, 0) is 64.7 Å². The van der Waals surface area contributed by atoms with Gasteiger partial charge in [-0.15, -0.1) is 0 Å². The monoisotopic (exact) mass is 487 g/mol. The predicted octanol–water partition coefficient (Wildman–Crippen LogP) is 8.86. The zero-order chi connectivity index (χ0) is 25.3. The van der Waals surface area contributed by atoms with Crippen LogP contribution in [0.4, 0.5) is 11.6 Å². The summed E-state index contributed by atoms with van der Waals surface area (Å²) in [6.07, 6.45) is 7.64. The van der Waals surface area contributed by atoms with Crippen molar-refractivity contribution in [1.29, 1.82) is 0 Å². The van der Waals surface area contributed by atoms with Gasteiger partial charge in [-0.25, -0.2) is 9.97 Å². The molecule has 1 aliphatic heterocycles. The van der Waals surface area contributed by atoms with Crippen molar-refractivity contribution in [1.82, 2.24) is 9.97 Å². The fourth-order valence-corrected chi connectivity index (χ4v) is 6.40. The van der Waals surface area contributed by atoms with Crippen molar-refractivity contribution in [2.75, 3.05) is 4.90 Å². The molecule has 0 N–H and O–H groups in total. The molecule has 1 aromatic heterocycles. The van der Waals surface area contributed by atoms with Crippen molar-refractivity contribution < 1.29 is 0 Å². The Hall–Kier alpha value is -4.76. The lowest BCUT2D eigenvalue weighted by Crippen LogP contribution is -2.28. The Morgan fingerprint density at radius 3 is 2.34 bits per heavy atom. The van der Waals surface area contributed by atoms with Gasteiger partial charge in [-0.1, -0.05) is 97.1 Å². The average molecular weight is 488 g/mol. The van der Waals surface area contributed by atoms with E-state index in [0.29, 0.717) is 5.95 Å². The zero-order valence-corrected chi connectivity index (χ0v) is 21.1. The third-order valence-corrected chi connectivity index (χ3v) is 8.24. The third-order valence-electron chi connectivity index (χ3n) is 8.24. The summed E-state index contributed by atoms with van der Waals surface area (Å²) in [5, 5.41) is 6.06. The van der Waals surface area contributed by atoms with E-state index < -0.39 is 0 Å². The second kappa shape index (κ2) is 7.87. The highest BCUT2D eigenvalue weighted by atomic mass is 15.3. The predicted molar refractivity (Wildman–Crippen MR) is 158 cm³/mol. The number of benzene rings is 5. The van der Waals surface area contributed by atoms with Crippen molar-refractivity contribution >= 4 is 44.1 Å². The molecule has 0 bridgehead atoms. The van der Waals surface area contributed by atoms with E-state index in [1.807, 2.05) is 0 Å². The number of anilines is 2.